The average molecular weight is 607 g/mol. The maximum absolute atomic E-state index is 14.7. The van der Waals surface area contributed by atoms with E-state index in [0.29, 0.717) is 28.7 Å². The van der Waals surface area contributed by atoms with E-state index in [9.17, 15) is 18.4 Å². The van der Waals surface area contributed by atoms with E-state index in [4.69, 9.17) is 0 Å². The molecule has 4 aromatic rings. The summed E-state index contributed by atoms with van der Waals surface area (Å²) in [7, 11) is 0. The fraction of sp³-hybridized carbons (Fsp3) is 0.207. The monoisotopic (exact) mass is 606 g/mol. The number of nitrogens with zero attached hydrogens (tertiary/aromatic N) is 5. The number of hydrazone groups is 1. The lowest BCUT2D eigenvalue weighted by Crippen LogP contribution is -2.25. The summed E-state index contributed by atoms with van der Waals surface area (Å²) in [4.78, 5) is 25.2. The van der Waals surface area contributed by atoms with Gasteiger partial charge in [-0.25, -0.2) is 18.5 Å². The first-order valence-electron chi connectivity index (χ1n) is 12.7. The van der Waals surface area contributed by atoms with Crippen molar-refractivity contribution in [3.05, 3.63) is 100 Å². The molecule has 204 valence electrons. The first kappa shape index (κ1) is 27.3. The Balaban J connectivity index is 1.21. The number of halogens is 3. The Morgan fingerprint density at radius 3 is 2.60 bits per heavy atom. The van der Waals surface area contributed by atoms with Crippen LogP contribution in [-0.2, 0) is 9.59 Å². The van der Waals surface area contributed by atoms with Crippen molar-refractivity contribution in [1.82, 2.24) is 20.0 Å². The predicted molar refractivity (Wildman–Crippen MR) is 151 cm³/mol. The molecule has 1 aromatic heterocycles. The molecule has 0 saturated heterocycles. The first-order valence-corrected chi connectivity index (χ1v) is 13.5. The van der Waals surface area contributed by atoms with Gasteiger partial charge in [0.1, 0.15) is 17.3 Å². The lowest BCUT2D eigenvalue weighted by molar-refractivity contribution is -0.132. The molecule has 0 saturated carbocycles. The summed E-state index contributed by atoms with van der Waals surface area (Å²) in [6, 6.07) is 18.0. The van der Waals surface area contributed by atoms with Crippen molar-refractivity contribution >= 4 is 39.1 Å². The zero-order valence-corrected chi connectivity index (χ0v) is 23.1. The van der Waals surface area contributed by atoms with Gasteiger partial charge in [-0.15, -0.1) is 5.10 Å². The topological polar surface area (TPSA) is 92.5 Å². The fourth-order valence-corrected chi connectivity index (χ4v) is 4.75. The van der Waals surface area contributed by atoms with Crippen LogP contribution in [0.5, 0.6) is 0 Å². The fourth-order valence-electron chi connectivity index (χ4n) is 4.42. The Bertz CT molecular complexity index is 1590. The van der Waals surface area contributed by atoms with Gasteiger partial charge in [-0.2, -0.15) is 5.10 Å². The van der Waals surface area contributed by atoms with Gasteiger partial charge in [0, 0.05) is 40.5 Å². The molecule has 0 bridgehead atoms. The van der Waals surface area contributed by atoms with E-state index < -0.39 is 17.7 Å². The second-order valence-electron chi connectivity index (χ2n) is 9.35. The minimum absolute atomic E-state index is 0.00964. The van der Waals surface area contributed by atoms with Crippen LogP contribution in [0.15, 0.2) is 82.5 Å². The Kier molecular flexibility index (Phi) is 8.11. The number of aromatic nitrogens is 3. The first-order chi connectivity index (χ1) is 19.3. The highest BCUT2D eigenvalue weighted by Crippen LogP contribution is 2.28. The van der Waals surface area contributed by atoms with Crippen LogP contribution in [-0.4, -0.2) is 44.1 Å². The lowest BCUT2D eigenvalue weighted by Gasteiger charge is -2.13. The van der Waals surface area contributed by atoms with Crippen molar-refractivity contribution in [3.63, 3.8) is 0 Å². The molecule has 5 rings (SSSR count). The van der Waals surface area contributed by atoms with Gasteiger partial charge in [-0.1, -0.05) is 57.5 Å². The van der Waals surface area contributed by atoms with Crippen molar-refractivity contribution in [2.75, 3.05) is 11.9 Å². The van der Waals surface area contributed by atoms with Gasteiger partial charge in [-0.05, 0) is 42.8 Å². The van der Waals surface area contributed by atoms with Gasteiger partial charge in [0.2, 0.25) is 11.8 Å². The van der Waals surface area contributed by atoms with Gasteiger partial charge >= 0.3 is 0 Å². The van der Waals surface area contributed by atoms with Crippen LogP contribution in [0.4, 0.5) is 14.5 Å². The molecule has 2 heterocycles. The summed E-state index contributed by atoms with van der Waals surface area (Å²) in [5, 5.41) is 16.6. The molecule has 0 fully saturated rings. The van der Waals surface area contributed by atoms with Crippen molar-refractivity contribution in [3.8, 4) is 11.3 Å². The number of nitrogens with one attached hydrogen (secondary N) is 1. The molecule has 1 aliphatic rings. The van der Waals surface area contributed by atoms with Crippen molar-refractivity contribution < 1.29 is 18.4 Å². The number of rotatable bonds is 8. The van der Waals surface area contributed by atoms with E-state index >= 15 is 0 Å². The second kappa shape index (κ2) is 11.9. The average Bonchev–Trinajstić information content (AvgIpc) is 3.64. The molecule has 0 radical (unpaired) electrons. The molecule has 11 heteroatoms. The number of carbonyl (C=O) groups excluding carboxylic acids is 2. The number of anilines is 1. The number of amides is 2. The maximum atomic E-state index is 14.7. The largest absolute Gasteiger partial charge is 0.326 e. The van der Waals surface area contributed by atoms with E-state index in [1.165, 1.54) is 40.2 Å². The minimum Gasteiger partial charge on any atom is -0.326 e. The van der Waals surface area contributed by atoms with Crippen molar-refractivity contribution in [1.29, 1.82) is 0 Å². The Labute approximate surface area is 237 Å². The standard InChI is InChI=1S/C29H25BrF2N6O2/c1-18(22-9-7-20(30)15-25(22)32)38-17-27(34-36-38)23-16-21(8-10-24(23)31)33-28(39)11-12-29(40)37-14-13-26(35-37)19-5-3-2-4-6-19/h2-10,15-18H,11-14H2,1H3,(H,33,39)/t18-/m1/s1. The number of benzene rings is 3. The van der Waals surface area contributed by atoms with Crippen LogP contribution < -0.4 is 5.32 Å². The molecule has 0 aliphatic carbocycles. The molecule has 40 heavy (non-hydrogen) atoms. The predicted octanol–water partition coefficient (Wildman–Crippen LogP) is 5.95. The van der Waals surface area contributed by atoms with E-state index in [1.54, 1.807) is 19.1 Å². The molecule has 8 nitrogen and oxygen atoms in total. The summed E-state index contributed by atoms with van der Waals surface area (Å²) in [5.41, 5.74) is 2.92. The highest BCUT2D eigenvalue weighted by molar-refractivity contribution is 9.10. The molecule has 1 atom stereocenters. The zero-order chi connectivity index (χ0) is 28.2. The van der Waals surface area contributed by atoms with Gasteiger partial charge in [-0.3, -0.25) is 9.59 Å². The van der Waals surface area contributed by atoms with E-state index in [-0.39, 0.29) is 35.9 Å². The Morgan fingerprint density at radius 1 is 1.02 bits per heavy atom. The molecule has 2 amide bonds. The number of carbonyl (C=O) groups is 2. The zero-order valence-electron chi connectivity index (χ0n) is 21.5. The van der Waals surface area contributed by atoms with Crippen LogP contribution >= 0.6 is 15.9 Å². The molecular formula is C29H25BrF2N6O2. The quantitative estimate of drug-likeness (QED) is 0.268. The summed E-state index contributed by atoms with van der Waals surface area (Å²) >= 11 is 3.24. The van der Waals surface area contributed by atoms with Crippen LogP contribution in [0.2, 0.25) is 0 Å². The number of hydrogen-bond donors (Lipinski definition) is 1. The third-order valence-corrected chi connectivity index (χ3v) is 7.10. The molecular weight excluding hydrogens is 582 g/mol. The van der Waals surface area contributed by atoms with Crippen LogP contribution in [0.25, 0.3) is 11.3 Å². The summed E-state index contributed by atoms with van der Waals surface area (Å²) in [6.45, 7) is 2.23. The molecule has 3 aromatic carbocycles. The van der Waals surface area contributed by atoms with Crippen molar-refractivity contribution in [2.45, 2.75) is 32.2 Å². The maximum Gasteiger partial charge on any atom is 0.243 e. The molecule has 1 N–H and O–H groups in total. The molecule has 0 unspecified atom stereocenters. The minimum atomic E-state index is -0.552. The van der Waals surface area contributed by atoms with E-state index in [2.05, 4.69) is 36.7 Å². The SMILES string of the molecule is C[C@H](c1ccc(Br)cc1F)n1cc(-c2cc(NC(=O)CCC(=O)N3CCC(c4ccccc4)=N3)ccc2F)nn1. The third-order valence-electron chi connectivity index (χ3n) is 6.61. The van der Waals surface area contributed by atoms with Gasteiger partial charge < -0.3 is 5.32 Å². The smallest absolute Gasteiger partial charge is 0.243 e. The van der Waals surface area contributed by atoms with Gasteiger partial charge in [0.05, 0.1) is 24.5 Å². The lowest BCUT2D eigenvalue weighted by atomic mass is 10.1. The van der Waals surface area contributed by atoms with E-state index in [1.807, 2.05) is 30.3 Å². The van der Waals surface area contributed by atoms with Crippen molar-refractivity contribution in [2.24, 2.45) is 5.10 Å². The van der Waals surface area contributed by atoms with Crippen LogP contribution in [0, 0.1) is 11.6 Å². The molecule has 0 spiro atoms. The Morgan fingerprint density at radius 2 is 1.82 bits per heavy atom. The second-order valence-corrected chi connectivity index (χ2v) is 10.3. The normalized spacial score (nSPS) is 13.7. The van der Waals surface area contributed by atoms with E-state index in [0.717, 1.165) is 11.3 Å². The summed E-state index contributed by atoms with van der Waals surface area (Å²) in [6.07, 6.45) is 2.12. The highest BCUT2D eigenvalue weighted by atomic mass is 79.9. The number of hydrogen-bond acceptors (Lipinski definition) is 5. The Hall–Kier alpha value is -4.25. The van der Waals surface area contributed by atoms with Gasteiger partial charge in [0.25, 0.3) is 0 Å². The van der Waals surface area contributed by atoms with Crippen LogP contribution in [0.1, 0.15) is 43.4 Å². The summed E-state index contributed by atoms with van der Waals surface area (Å²) in [5.74, 6) is -1.58. The summed E-state index contributed by atoms with van der Waals surface area (Å²) < 4.78 is 31.2. The highest BCUT2D eigenvalue weighted by Gasteiger charge is 2.22. The van der Waals surface area contributed by atoms with Gasteiger partial charge in [0.15, 0.2) is 0 Å². The van der Waals surface area contributed by atoms with Crippen LogP contribution in [0.3, 0.4) is 0 Å². The third kappa shape index (κ3) is 6.15. The molecule has 1 aliphatic heterocycles.